The summed E-state index contributed by atoms with van der Waals surface area (Å²) in [6.07, 6.45) is 0. The van der Waals surface area contributed by atoms with Crippen LogP contribution in [0.15, 0.2) is 10.9 Å². The zero-order valence-corrected chi connectivity index (χ0v) is 4.71. The molecule has 0 radical (unpaired) electrons. The molecule has 0 saturated heterocycles. The summed E-state index contributed by atoms with van der Waals surface area (Å²) in [5.41, 5.74) is 0.593. The first-order chi connectivity index (χ1) is 3.06. The van der Waals surface area contributed by atoms with E-state index in [9.17, 15) is 12.3 Å². The maximum atomic E-state index is 11.2. The van der Waals surface area contributed by atoms with E-state index in [0.29, 0.717) is 5.54 Å². The molecule has 0 aliphatic carbocycles. The van der Waals surface area contributed by atoms with Crippen LogP contribution in [0, 0.1) is 0 Å². The highest BCUT2D eigenvalue weighted by Gasteiger charge is 1.94. The first-order valence-electron chi connectivity index (χ1n) is 1.27. The molecular weight excluding hydrogens is 143 g/mol. The van der Waals surface area contributed by atoms with Gasteiger partial charge in [0.1, 0.15) is 0 Å². The van der Waals surface area contributed by atoms with Crippen LogP contribution in [-0.2, 0) is 10.2 Å². The van der Waals surface area contributed by atoms with Gasteiger partial charge in [-0.2, -0.15) is 8.42 Å². The smallest absolute Gasteiger partial charge is 0.190 e. The van der Waals surface area contributed by atoms with Crippen molar-refractivity contribution in [1.29, 1.82) is 0 Å². The first kappa shape index (κ1) is 6.91. The van der Waals surface area contributed by atoms with Crippen molar-refractivity contribution in [2.45, 2.75) is 0 Å². The molecule has 0 atom stereocenters. The normalized spacial score (nSPS) is 12.9. The highest BCUT2D eigenvalue weighted by atomic mass is 35.5. The van der Waals surface area contributed by atoms with Gasteiger partial charge in [0, 0.05) is 5.54 Å². The van der Waals surface area contributed by atoms with Gasteiger partial charge in [0.25, 0.3) is 0 Å². The third kappa shape index (κ3) is 5.91. The first-order valence-corrected chi connectivity index (χ1v) is 3.16. The van der Waals surface area contributed by atoms with Gasteiger partial charge in [-0.25, -0.2) is 0 Å². The second kappa shape index (κ2) is 2.28. The van der Waals surface area contributed by atoms with Crippen molar-refractivity contribution < 1.29 is 12.3 Å². The molecule has 0 aliphatic rings. The zero-order valence-electron chi connectivity index (χ0n) is 3.14. The Labute approximate surface area is 45.8 Å². The molecule has 0 unspecified atom stereocenters. The van der Waals surface area contributed by atoms with Gasteiger partial charge >= 0.3 is 10.2 Å². The summed E-state index contributed by atoms with van der Waals surface area (Å²) in [4.78, 5) is 0. The Balaban J connectivity index is 4.13. The van der Waals surface area contributed by atoms with Crippen LogP contribution < -0.4 is 0 Å². The average Bonchev–Trinajstić information content (AvgIpc) is 1.30. The van der Waals surface area contributed by atoms with Gasteiger partial charge in [0.15, 0.2) is 0 Å². The maximum Gasteiger partial charge on any atom is 0.326 e. The Bertz CT molecular complexity index is 159. The van der Waals surface area contributed by atoms with Gasteiger partial charge in [-0.1, -0.05) is 11.6 Å². The molecule has 0 rings (SSSR count). The zero-order chi connectivity index (χ0) is 5.91. The molecule has 0 saturated carbocycles. The van der Waals surface area contributed by atoms with Gasteiger partial charge in [0.2, 0.25) is 0 Å². The molecule has 0 aliphatic heterocycles. The van der Waals surface area contributed by atoms with Gasteiger partial charge in [0.05, 0.1) is 5.41 Å². The van der Waals surface area contributed by atoms with Crippen LogP contribution in [0.4, 0.5) is 3.89 Å². The lowest BCUT2D eigenvalue weighted by atomic mass is 11.3. The van der Waals surface area contributed by atoms with Crippen LogP contribution in [0.2, 0.25) is 0 Å². The molecular formula is C2H2ClFO2S. The van der Waals surface area contributed by atoms with E-state index in [1.807, 2.05) is 0 Å². The SMILES string of the molecule is O=S(=O)(F)/C=C/Cl. The van der Waals surface area contributed by atoms with Crippen molar-refractivity contribution in [3.05, 3.63) is 10.9 Å². The maximum absolute atomic E-state index is 11.2. The minimum absolute atomic E-state index is 0.258. The van der Waals surface area contributed by atoms with Crippen LogP contribution in [0.5, 0.6) is 0 Å². The Morgan fingerprint density at radius 2 is 2.00 bits per heavy atom. The number of hydrogen-bond acceptors (Lipinski definition) is 2. The molecule has 0 heterocycles. The minimum atomic E-state index is -4.49. The molecule has 0 amide bonds. The monoisotopic (exact) mass is 144 g/mol. The topological polar surface area (TPSA) is 34.1 Å². The second-order valence-corrected chi connectivity index (χ2v) is 2.21. The van der Waals surface area contributed by atoms with E-state index < -0.39 is 10.2 Å². The lowest BCUT2D eigenvalue weighted by Gasteiger charge is -1.71. The molecule has 0 aromatic heterocycles. The molecule has 0 aromatic carbocycles. The molecule has 5 heteroatoms. The van der Waals surface area contributed by atoms with E-state index in [-0.39, 0.29) is 5.41 Å². The standard InChI is InChI=1S/C2H2ClFO2S/c3-1-2-7(4,5)6/h1-2H/b2-1+. The molecule has 2 nitrogen and oxygen atoms in total. The van der Waals surface area contributed by atoms with E-state index in [4.69, 9.17) is 0 Å². The van der Waals surface area contributed by atoms with E-state index in [2.05, 4.69) is 11.6 Å². The van der Waals surface area contributed by atoms with Crippen LogP contribution >= 0.6 is 11.6 Å². The highest BCUT2D eigenvalue weighted by Crippen LogP contribution is 1.92. The predicted octanol–water partition coefficient (Wildman–Crippen LogP) is 0.996. The minimum Gasteiger partial charge on any atom is -0.190 e. The molecule has 0 spiro atoms. The van der Waals surface area contributed by atoms with Crippen molar-refractivity contribution in [2.75, 3.05) is 0 Å². The van der Waals surface area contributed by atoms with Gasteiger partial charge in [-0.15, -0.1) is 3.89 Å². The van der Waals surface area contributed by atoms with E-state index in [1.54, 1.807) is 0 Å². The number of hydrogen-bond donors (Lipinski definition) is 0. The number of halogens is 2. The summed E-state index contributed by atoms with van der Waals surface area (Å²) in [7, 11) is -4.49. The predicted molar refractivity (Wildman–Crippen MR) is 25.0 cm³/mol. The summed E-state index contributed by atoms with van der Waals surface area (Å²) in [6, 6.07) is 0. The molecule has 42 valence electrons. The largest absolute Gasteiger partial charge is 0.326 e. The Morgan fingerprint density at radius 1 is 1.57 bits per heavy atom. The van der Waals surface area contributed by atoms with Crippen molar-refractivity contribution in [1.82, 2.24) is 0 Å². The van der Waals surface area contributed by atoms with E-state index in [0.717, 1.165) is 0 Å². The lowest BCUT2D eigenvalue weighted by molar-refractivity contribution is 0.563. The molecule has 0 aromatic rings. The average molecular weight is 145 g/mol. The summed E-state index contributed by atoms with van der Waals surface area (Å²) >= 11 is 4.69. The van der Waals surface area contributed by atoms with Crippen LogP contribution in [0.25, 0.3) is 0 Å². The summed E-state index contributed by atoms with van der Waals surface area (Å²) < 4.78 is 30.0. The van der Waals surface area contributed by atoms with E-state index in [1.165, 1.54) is 0 Å². The van der Waals surface area contributed by atoms with Gasteiger partial charge in [-0.3, -0.25) is 0 Å². The Hall–Kier alpha value is -0.0900. The fraction of sp³-hybridized carbons (Fsp3) is 0. The van der Waals surface area contributed by atoms with Gasteiger partial charge < -0.3 is 0 Å². The van der Waals surface area contributed by atoms with Crippen molar-refractivity contribution in [3.63, 3.8) is 0 Å². The molecule has 0 N–H and O–H groups in total. The third-order valence-electron chi connectivity index (χ3n) is 0.214. The second-order valence-electron chi connectivity index (χ2n) is 0.738. The van der Waals surface area contributed by atoms with Crippen LogP contribution in [0.1, 0.15) is 0 Å². The van der Waals surface area contributed by atoms with Crippen molar-refractivity contribution in [2.24, 2.45) is 0 Å². The molecule has 7 heavy (non-hydrogen) atoms. The third-order valence-corrected chi connectivity index (χ3v) is 0.951. The Kier molecular flexibility index (Phi) is 2.25. The summed E-state index contributed by atoms with van der Waals surface area (Å²) in [5.74, 6) is 0. The quantitative estimate of drug-likeness (QED) is 0.515. The molecule has 0 bridgehead atoms. The van der Waals surface area contributed by atoms with Gasteiger partial charge in [-0.05, 0) is 0 Å². The van der Waals surface area contributed by atoms with Crippen molar-refractivity contribution >= 4 is 21.8 Å². The Morgan fingerprint density at radius 3 is 2.00 bits per heavy atom. The fourth-order valence-electron chi connectivity index (χ4n) is 0.0614. The number of rotatable bonds is 1. The van der Waals surface area contributed by atoms with Crippen LogP contribution in [0.3, 0.4) is 0 Å². The summed E-state index contributed by atoms with van der Waals surface area (Å²) in [6.45, 7) is 0. The highest BCUT2D eigenvalue weighted by molar-refractivity contribution is 7.89. The lowest BCUT2D eigenvalue weighted by Crippen LogP contribution is -1.77. The fourth-order valence-corrected chi connectivity index (χ4v) is 0.553. The summed E-state index contributed by atoms with van der Waals surface area (Å²) in [5, 5.41) is 0.258. The van der Waals surface area contributed by atoms with E-state index >= 15 is 0 Å². The molecule has 0 fully saturated rings. The van der Waals surface area contributed by atoms with Crippen molar-refractivity contribution in [3.8, 4) is 0 Å². The van der Waals surface area contributed by atoms with Crippen LogP contribution in [-0.4, -0.2) is 8.42 Å².